The fourth-order valence-electron chi connectivity index (χ4n) is 2.61. The molecule has 3 rings (SSSR count). The van der Waals surface area contributed by atoms with Gasteiger partial charge in [-0.1, -0.05) is 24.4 Å². The van der Waals surface area contributed by atoms with Crippen LogP contribution in [0.4, 0.5) is 0 Å². The molecule has 0 amide bonds. The Morgan fingerprint density at radius 1 is 1.32 bits per heavy atom. The number of furan rings is 1. The van der Waals surface area contributed by atoms with Gasteiger partial charge in [0.1, 0.15) is 5.15 Å². The lowest BCUT2D eigenvalue weighted by Crippen LogP contribution is -2.04. The Balaban J connectivity index is 2.10. The van der Waals surface area contributed by atoms with E-state index in [9.17, 15) is 0 Å². The van der Waals surface area contributed by atoms with Crippen LogP contribution in [0.2, 0.25) is 5.15 Å². The van der Waals surface area contributed by atoms with E-state index in [0.717, 1.165) is 20.6 Å². The fourth-order valence-corrected chi connectivity index (χ4v) is 3.47. The molecule has 2 heterocycles. The summed E-state index contributed by atoms with van der Waals surface area (Å²) in [7, 11) is 0. The van der Waals surface area contributed by atoms with Crippen molar-refractivity contribution in [1.82, 2.24) is 9.97 Å². The maximum absolute atomic E-state index is 6.27. The molecule has 0 atom stereocenters. The van der Waals surface area contributed by atoms with Crippen molar-refractivity contribution in [2.24, 2.45) is 0 Å². The molecule has 2 aromatic rings. The third-order valence-electron chi connectivity index (χ3n) is 3.64. The first-order chi connectivity index (χ1) is 9.16. The first kappa shape index (κ1) is 13.4. The molecule has 1 aliphatic rings. The van der Waals surface area contributed by atoms with Crippen LogP contribution in [0.5, 0.6) is 0 Å². The van der Waals surface area contributed by atoms with E-state index in [0.29, 0.717) is 16.9 Å². The summed E-state index contributed by atoms with van der Waals surface area (Å²) in [5.74, 6) is 1.84. The molecule has 100 valence electrons. The minimum absolute atomic E-state index is 0.515. The normalized spacial score (nSPS) is 16.2. The molecule has 0 unspecified atom stereocenters. The zero-order chi connectivity index (χ0) is 13.4. The van der Waals surface area contributed by atoms with Gasteiger partial charge < -0.3 is 4.42 Å². The monoisotopic (exact) mass is 388 g/mol. The van der Waals surface area contributed by atoms with Gasteiger partial charge in [-0.2, -0.15) is 0 Å². The van der Waals surface area contributed by atoms with Crippen molar-refractivity contribution in [3.05, 3.63) is 32.3 Å². The van der Waals surface area contributed by atoms with Crippen LogP contribution in [0, 0.1) is 10.5 Å². The van der Waals surface area contributed by atoms with Crippen LogP contribution < -0.4 is 0 Å². The molecule has 19 heavy (non-hydrogen) atoms. The number of halogens is 2. The van der Waals surface area contributed by atoms with Crippen LogP contribution in [-0.2, 0) is 0 Å². The number of hydrogen-bond acceptors (Lipinski definition) is 3. The molecular formula is C14H14ClIN2O. The van der Waals surface area contributed by atoms with Crippen molar-refractivity contribution < 1.29 is 4.42 Å². The Labute approximate surface area is 130 Å². The van der Waals surface area contributed by atoms with Crippen LogP contribution in [0.15, 0.2) is 16.7 Å². The van der Waals surface area contributed by atoms with Crippen molar-refractivity contribution in [1.29, 1.82) is 0 Å². The van der Waals surface area contributed by atoms with Gasteiger partial charge in [0, 0.05) is 5.92 Å². The van der Waals surface area contributed by atoms with Gasteiger partial charge in [0.05, 0.1) is 15.5 Å². The SMILES string of the molecule is Cc1ccoc1-c1nc(Cl)c(I)c(C2CCCC2)n1. The third kappa shape index (κ3) is 2.52. The molecule has 2 aromatic heterocycles. The quantitative estimate of drug-likeness (QED) is 0.539. The van der Waals surface area contributed by atoms with Gasteiger partial charge in [-0.25, -0.2) is 9.97 Å². The Kier molecular flexibility index (Phi) is 3.80. The zero-order valence-corrected chi connectivity index (χ0v) is 13.5. The van der Waals surface area contributed by atoms with Crippen molar-refractivity contribution in [2.45, 2.75) is 38.5 Å². The summed E-state index contributed by atoms with van der Waals surface area (Å²) in [6.45, 7) is 1.99. The Hall–Kier alpha value is -0.620. The molecule has 1 aliphatic carbocycles. The molecular weight excluding hydrogens is 375 g/mol. The highest BCUT2D eigenvalue weighted by Crippen LogP contribution is 2.38. The molecule has 1 fully saturated rings. The summed E-state index contributed by atoms with van der Waals surface area (Å²) in [5, 5.41) is 0.531. The van der Waals surface area contributed by atoms with Gasteiger partial charge in [-0.15, -0.1) is 0 Å². The standard InChI is InChI=1S/C14H14ClIN2O/c1-8-6-7-19-12(8)14-17-11(9-4-2-3-5-9)10(16)13(15)18-14/h6-7,9H,2-5H2,1H3. The highest BCUT2D eigenvalue weighted by Gasteiger charge is 2.24. The van der Waals surface area contributed by atoms with Gasteiger partial charge >= 0.3 is 0 Å². The van der Waals surface area contributed by atoms with Gasteiger partial charge in [0.15, 0.2) is 11.6 Å². The number of rotatable bonds is 2. The summed E-state index contributed by atoms with van der Waals surface area (Å²) < 4.78 is 6.46. The summed E-state index contributed by atoms with van der Waals surface area (Å²) in [6, 6.07) is 1.92. The number of aromatic nitrogens is 2. The van der Waals surface area contributed by atoms with E-state index in [1.165, 1.54) is 25.7 Å². The second-order valence-corrected chi connectivity index (χ2v) is 6.39. The van der Waals surface area contributed by atoms with E-state index >= 15 is 0 Å². The Bertz CT molecular complexity index is 605. The molecule has 0 spiro atoms. The van der Waals surface area contributed by atoms with E-state index < -0.39 is 0 Å². The number of nitrogens with zero attached hydrogens (tertiary/aromatic N) is 2. The molecule has 0 radical (unpaired) electrons. The smallest absolute Gasteiger partial charge is 0.197 e. The van der Waals surface area contributed by atoms with Crippen LogP contribution in [0.3, 0.4) is 0 Å². The first-order valence-corrected chi connectivity index (χ1v) is 7.90. The highest BCUT2D eigenvalue weighted by atomic mass is 127. The minimum Gasteiger partial charge on any atom is -0.461 e. The van der Waals surface area contributed by atoms with Crippen molar-refractivity contribution in [3.63, 3.8) is 0 Å². The van der Waals surface area contributed by atoms with E-state index in [1.54, 1.807) is 6.26 Å². The van der Waals surface area contributed by atoms with Crippen molar-refractivity contribution in [2.75, 3.05) is 0 Å². The topological polar surface area (TPSA) is 38.9 Å². The summed E-state index contributed by atoms with van der Waals surface area (Å²) in [4.78, 5) is 9.08. The van der Waals surface area contributed by atoms with Gasteiger partial charge in [0.2, 0.25) is 0 Å². The van der Waals surface area contributed by atoms with E-state index in [2.05, 4.69) is 27.6 Å². The fraction of sp³-hybridized carbons (Fsp3) is 0.429. The second kappa shape index (κ2) is 5.40. The van der Waals surface area contributed by atoms with Crippen LogP contribution >= 0.6 is 34.2 Å². The van der Waals surface area contributed by atoms with Gasteiger partial charge in [-0.3, -0.25) is 0 Å². The Morgan fingerprint density at radius 2 is 2.05 bits per heavy atom. The number of aryl methyl sites for hydroxylation is 1. The van der Waals surface area contributed by atoms with Gasteiger partial charge in [-0.05, 0) is 54.0 Å². The average Bonchev–Trinajstić information content (AvgIpc) is 3.03. The molecule has 3 nitrogen and oxygen atoms in total. The lowest BCUT2D eigenvalue weighted by atomic mass is 10.0. The number of hydrogen-bond donors (Lipinski definition) is 0. The second-order valence-electron chi connectivity index (χ2n) is 4.95. The molecule has 1 saturated carbocycles. The van der Waals surface area contributed by atoms with Crippen molar-refractivity contribution in [3.8, 4) is 11.6 Å². The van der Waals surface area contributed by atoms with Crippen LogP contribution in [-0.4, -0.2) is 9.97 Å². The summed E-state index contributed by atoms with van der Waals surface area (Å²) in [6.07, 6.45) is 6.60. The third-order valence-corrected chi connectivity index (χ3v) is 5.30. The minimum atomic E-state index is 0.515. The average molecular weight is 389 g/mol. The lowest BCUT2D eigenvalue weighted by molar-refractivity contribution is 0.573. The van der Waals surface area contributed by atoms with Crippen molar-refractivity contribution >= 4 is 34.2 Å². The molecule has 0 aliphatic heterocycles. The molecule has 5 heteroatoms. The van der Waals surface area contributed by atoms with Crippen LogP contribution in [0.1, 0.15) is 42.9 Å². The van der Waals surface area contributed by atoms with E-state index in [4.69, 9.17) is 21.0 Å². The first-order valence-electron chi connectivity index (χ1n) is 6.44. The summed E-state index contributed by atoms with van der Waals surface area (Å²) in [5.41, 5.74) is 2.12. The van der Waals surface area contributed by atoms with E-state index in [1.807, 2.05) is 13.0 Å². The predicted octanol–water partition coefficient (Wildman–Crippen LogP) is 4.96. The molecule has 0 bridgehead atoms. The zero-order valence-electron chi connectivity index (χ0n) is 10.6. The molecule has 0 aromatic carbocycles. The maximum atomic E-state index is 6.27. The Morgan fingerprint density at radius 3 is 2.68 bits per heavy atom. The maximum Gasteiger partial charge on any atom is 0.197 e. The molecule has 0 N–H and O–H groups in total. The molecule has 0 saturated heterocycles. The largest absolute Gasteiger partial charge is 0.461 e. The summed E-state index contributed by atoms with van der Waals surface area (Å²) >= 11 is 8.52. The highest BCUT2D eigenvalue weighted by molar-refractivity contribution is 14.1. The predicted molar refractivity (Wildman–Crippen MR) is 83.4 cm³/mol. The van der Waals surface area contributed by atoms with Crippen LogP contribution in [0.25, 0.3) is 11.6 Å². The van der Waals surface area contributed by atoms with Gasteiger partial charge in [0.25, 0.3) is 0 Å². The lowest BCUT2D eigenvalue weighted by Gasteiger charge is -2.12. The van der Waals surface area contributed by atoms with E-state index in [-0.39, 0.29) is 0 Å².